The van der Waals surface area contributed by atoms with Crippen molar-refractivity contribution in [2.45, 2.75) is 6.04 Å². The molecule has 0 aliphatic carbocycles. The largest absolute Gasteiger partial charge is 0.334 e. The zero-order valence-electron chi connectivity index (χ0n) is 12.8. The molecular weight excluding hydrogens is 294 g/mol. The molecule has 1 N–H and O–H groups in total. The summed E-state index contributed by atoms with van der Waals surface area (Å²) in [5.74, 6) is 1.97. The van der Waals surface area contributed by atoms with Crippen LogP contribution in [-0.2, 0) is 0 Å². The molecule has 1 saturated heterocycles. The Morgan fingerprint density at radius 3 is 3.13 bits per heavy atom. The molecular formula is C15H17N7O. The average Bonchev–Trinajstić information content (AvgIpc) is 3.27. The van der Waals surface area contributed by atoms with Crippen molar-refractivity contribution in [3.05, 3.63) is 42.9 Å². The minimum absolute atomic E-state index is 0.135. The van der Waals surface area contributed by atoms with Crippen LogP contribution in [0.15, 0.2) is 41.6 Å². The fourth-order valence-corrected chi connectivity index (χ4v) is 2.67. The number of imidazole rings is 1. The lowest BCUT2D eigenvalue weighted by Crippen LogP contribution is -2.44. The first-order chi connectivity index (χ1) is 11.3. The van der Waals surface area contributed by atoms with E-state index in [1.54, 1.807) is 18.7 Å². The van der Waals surface area contributed by atoms with Crippen LogP contribution in [0.1, 0.15) is 11.9 Å². The third kappa shape index (κ3) is 2.73. The molecule has 0 spiro atoms. The fraction of sp³-hybridized carbons (Fsp3) is 0.333. The van der Waals surface area contributed by atoms with Crippen LogP contribution in [0.4, 0.5) is 0 Å². The molecule has 4 rings (SSSR count). The van der Waals surface area contributed by atoms with Gasteiger partial charge < -0.3 is 9.84 Å². The summed E-state index contributed by atoms with van der Waals surface area (Å²) >= 11 is 0. The summed E-state index contributed by atoms with van der Waals surface area (Å²) in [6.07, 6.45) is 6.98. The molecule has 0 aromatic carbocycles. The number of aromatic nitrogens is 5. The molecule has 0 radical (unpaired) electrons. The number of likely N-dealkylation sites (N-methyl/N-ethyl adjacent to an activating group) is 1. The molecule has 8 nitrogen and oxygen atoms in total. The van der Waals surface area contributed by atoms with Gasteiger partial charge in [0.2, 0.25) is 0 Å². The van der Waals surface area contributed by atoms with Crippen molar-refractivity contribution in [3.63, 3.8) is 0 Å². The lowest BCUT2D eigenvalue weighted by atomic mass is 10.2. The first kappa shape index (κ1) is 14.0. The summed E-state index contributed by atoms with van der Waals surface area (Å²) in [4.78, 5) is 15.2. The first-order valence-corrected chi connectivity index (χ1v) is 7.50. The standard InChI is InChI=1S/C15H17N7O/c1-21-6-4-16-9-12(21)14-19-15(23-20-14)11-2-3-18-13(8-11)22-7-5-17-10-22/h2-3,5,7-8,10,12,16H,4,6,9H2,1H3. The molecule has 3 aromatic heterocycles. The van der Waals surface area contributed by atoms with E-state index in [4.69, 9.17) is 4.52 Å². The SMILES string of the molecule is CN1CCNCC1c1noc(-c2ccnc(-n3ccnc3)c2)n1. The van der Waals surface area contributed by atoms with Crippen molar-refractivity contribution in [1.82, 2.24) is 34.9 Å². The molecule has 23 heavy (non-hydrogen) atoms. The van der Waals surface area contributed by atoms with E-state index in [0.717, 1.165) is 31.0 Å². The third-order valence-electron chi connectivity index (χ3n) is 4.01. The summed E-state index contributed by atoms with van der Waals surface area (Å²) in [5, 5.41) is 7.51. The Kier molecular flexibility index (Phi) is 3.60. The highest BCUT2D eigenvalue weighted by Crippen LogP contribution is 2.23. The van der Waals surface area contributed by atoms with Gasteiger partial charge in [0.1, 0.15) is 12.1 Å². The summed E-state index contributed by atoms with van der Waals surface area (Å²) in [5.41, 5.74) is 0.842. The summed E-state index contributed by atoms with van der Waals surface area (Å²) in [6, 6.07) is 3.90. The van der Waals surface area contributed by atoms with Crippen LogP contribution < -0.4 is 5.32 Å². The molecule has 0 bridgehead atoms. The van der Waals surface area contributed by atoms with Crippen LogP contribution in [0.2, 0.25) is 0 Å². The predicted octanol–water partition coefficient (Wildman–Crippen LogP) is 0.893. The van der Waals surface area contributed by atoms with Crippen LogP contribution >= 0.6 is 0 Å². The minimum Gasteiger partial charge on any atom is -0.334 e. The normalized spacial score (nSPS) is 19.1. The number of hydrogen-bond donors (Lipinski definition) is 1. The summed E-state index contributed by atoms with van der Waals surface area (Å²) in [7, 11) is 2.07. The average molecular weight is 311 g/mol. The fourth-order valence-electron chi connectivity index (χ4n) is 2.67. The first-order valence-electron chi connectivity index (χ1n) is 7.50. The van der Waals surface area contributed by atoms with Gasteiger partial charge >= 0.3 is 0 Å². The number of rotatable bonds is 3. The Bertz CT molecular complexity index is 783. The Labute approximate surface area is 133 Å². The van der Waals surface area contributed by atoms with Gasteiger partial charge in [0.05, 0.1) is 6.04 Å². The molecule has 1 aliphatic rings. The van der Waals surface area contributed by atoms with Crippen molar-refractivity contribution < 1.29 is 4.52 Å². The van der Waals surface area contributed by atoms with Crippen LogP contribution in [0.25, 0.3) is 17.3 Å². The van der Waals surface area contributed by atoms with Crippen molar-refractivity contribution in [3.8, 4) is 17.3 Å². The van der Waals surface area contributed by atoms with E-state index in [2.05, 4.69) is 37.4 Å². The number of nitrogens with zero attached hydrogens (tertiary/aromatic N) is 6. The van der Waals surface area contributed by atoms with E-state index < -0.39 is 0 Å². The van der Waals surface area contributed by atoms with Gasteiger partial charge in [-0.25, -0.2) is 9.97 Å². The maximum Gasteiger partial charge on any atom is 0.258 e. The molecule has 3 aromatic rings. The third-order valence-corrected chi connectivity index (χ3v) is 4.01. The topological polar surface area (TPSA) is 84.9 Å². The second-order valence-electron chi connectivity index (χ2n) is 5.53. The predicted molar refractivity (Wildman–Crippen MR) is 82.9 cm³/mol. The zero-order valence-corrected chi connectivity index (χ0v) is 12.8. The van der Waals surface area contributed by atoms with Crippen LogP contribution in [0, 0.1) is 0 Å². The molecule has 0 amide bonds. The highest BCUT2D eigenvalue weighted by molar-refractivity contribution is 5.55. The lowest BCUT2D eigenvalue weighted by Gasteiger charge is -2.30. The van der Waals surface area contributed by atoms with Gasteiger partial charge in [0.25, 0.3) is 5.89 Å². The second-order valence-corrected chi connectivity index (χ2v) is 5.53. The molecule has 1 aliphatic heterocycles. The van der Waals surface area contributed by atoms with E-state index in [9.17, 15) is 0 Å². The Morgan fingerprint density at radius 2 is 2.30 bits per heavy atom. The van der Waals surface area contributed by atoms with Gasteiger partial charge in [0.15, 0.2) is 5.82 Å². The molecule has 4 heterocycles. The second kappa shape index (κ2) is 5.90. The smallest absolute Gasteiger partial charge is 0.258 e. The minimum atomic E-state index is 0.135. The molecule has 1 unspecified atom stereocenters. The quantitative estimate of drug-likeness (QED) is 0.769. The Hall–Kier alpha value is -2.58. The van der Waals surface area contributed by atoms with E-state index in [-0.39, 0.29) is 6.04 Å². The van der Waals surface area contributed by atoms with Gasteiger partial charge in [0, 0.05) is 43.8 Å². The van der Waals surface area contributed by atoms with Gasteiger partial charge in [-0.2, -0.15) is 4.98 Å². The van der Waals surface area contributed by atoms with E-state index in [1.807, 2.05) is 22.9 Å². The van der Waals surface area contributed by atoms with Crippen LogP contribution in [-0.4, -0.2) is 56.3 Å². The van der Waals surface area contributed by atoms with E-state index >= 15 is 0 Å². The molecule has 118 valence electrons. The Balaban J connectivity index is 1.63. The van der Waals surface area contributed by atoms with Crippen molar-refractivity contribution >= 4 is 0 Å². The Morgan fingerprint density at radius 1 is 1.35 bits per heavy atom. The summed E-state index contributed by atoms with van der Waals surface area (Å²) in [6.45, 7) is 2.77. The number of piperazine rings is 1. The van der Waals surface area contributed by atoms with Gasteiger partial charge in [-0.15, -0.1) is 0 Å². The molecule has 0 saturated carbocycles. The van der Waals surface area contributed by atoms with Crippen molar-refractivity contribution in [1.29, 1.82) is 0 Å². The van der Waals surface area contributed by atoms with Crippen molar-refractivity contribution in [2.24, 2.45) is 0 Å². The van der Waals surface area contributed by atoms with Crippen molar-refractivity contribution in [2.75, 3.05) is 26.7 Å². The number of nitrogens with one attached hydrogen (secondary N) is 1. The zero-order chi connectivity index (χ0) is 15.6. The number of hydrogen-bond acceptors (Lipinski definition) is 7. The summed E-state index contributed by atoms with van der Waals surface area (Å²) < 4.78 is 7.29. The maximum atomic E-state index is 5.46. The van der Waals surface area contributed by atoms with E-state index in [0.29, 0.717) is 11.7 Å². The lowest BCUT2D eigenvalue weighted by molar-refractivity contribution is 0.190. The highest BCUT2D eigenvalue weighted by atomic mass is 16.5. The number of pyridine rings is 1. The van der Waals surface area contributed by atoms with Gasteiger partial charge in [-0.05, 0) is 19.2 Å². The monoisotopic (exact) mass is 311 g/mol. The van der Waals surface area contributed by atoms with Gasteiger partial charge in [-0.1, -0.05) is 5.16 Å². The maximum absolute atomic E-state index is 5.46. The van der Waals surface area contributed by atoms with Gasteiger partial charge in [-0.3, -0.25) is 9.47 Å². The van der Waals surface area contributed by atoms with E-state index in [1.165, 1.54) is 0 Å². The molecule has 1 fully saturated rings. The molecule has 1 atom stereocenters. The van der Waals surface area contributed by atoms with Crippen LogP contribution in [0.3, 0.4) is 0 Å². The highest BCUT2D eigenvalue weighted by Gasteiger charge is 2.25. The molecule has 8 heteroatoms. The van der Waals surface area contributed by atoms with Crippen LogP contribution in [0.5, 0.6) is 0 Å².